The molecule has 0 aliphatic heterocycles. The van der Waals surface area contributed by atoms with Crippen LogP contribution in [0.15, 0.2) is 28.7 Å². The SMILES string of the molecule is CC(=O)c1nc2cc(Br)ccc2cc1C. The fraction of sp³-hybridized carbons (Fsp3) is 0.167. The van der Waals surface area contributed by atoms with Gasteiger partial charge in [-0.25, -0.2) is 4.98 Å². The number of pyridine rings is 1. The van der Waals surface area contributed by atoms with Gasteiger partial charge in [0.2, 0.25) is 0 Å². The minimum absolute atomic E-state index is 0.00868. The number of carbonyl (C=O) groups excluding carboxylic acids is 1. The quantitative estimate of drug-likeness (QED) is 0.738. The van der Waals surface area contributed by atoms with Crippen LogP contribution in [-0.2, 0) is 0 Å². The lowest BCUT2D eigenvalue weighted by Crippen LogP contribution is -2.00. The Labute approximate surface area is 96.5 Å². The summed E-state index contributed by atoms with van der Waals surface area (Å²) >= 11 is 3.39. The highest BCUT2D eigenvalue weighted by atomic mass is 79.9. The van der Waals surface area contributed by atoms with Crippen molar-refractivity contribution >= 4 is 32.6 Å². The molecule has 2 nitrogen and oxygen atoms in total. The Bertz CT molecular complexity index is 549. The van der Waals surface area contributed by atoms with Crippen molar-refractivity contribution in [3.05, 3.63) is 40.0 Å². The molecule has 0 atom stereocenters. The zero-order valence-electron chi connectivity index (χ0n) is 8.54. The maximum absolute atomic E-state index is 11.3. The van der Waals surface area contributed by atoms with Crippen molar-refractivity contribution in [3.8, 4) is 0 Å². The number of carbonyl (C=O) groups is 1. The third kappa shape index (κ3) is 1.92. The predicted molar refractivity (Wildman–Crippen MR) is 64.2 cm³/mol. The van der Waals surface area contributed by atoms with Crippen molar-refractivity contribution in [1.82, 2.24) is 4.98 Å². The van der Waals surface area contributed by atoms with Gasteiger partial charge in [-0.3, -0.25) is 4.79 Å². The molecule has 0 fully saturated rings. The summed E-state index contributed by atoms with van der Waals surface area (Å²) in [7, 11) is 0. The fourth-order valence-electron chi connectivity index (χ4n) is 1.60. The summed E-state index contributed by atoms with van der Waals surface area (Å²) in [4.78, 5) is 15.7. The number of ketones is 1. The number of nitrogens with zero attached hydrogens (tertiary/aromatic N) is 1. The Balaban J connectivity index is 2.77. The van der Waals surface area contributed by atoms with Crippen molar-refractivity contribution < 1.29 is 4.79 Å². The first-order valence-electron chi connectivity index (χ1n) is 4.66. The Hall–Kier alpha value is -1.22. The first kappa shape index (κ1) is 10.3. The molecule has 15 heavy (non-hydrogen) atoms. The highest BCUT2D eigenvalue weighted by Crippen LogP contribution is 2.20. The molecule has 1 aromatic heterocycles. The van der Waals surface area contributed by atoms with E-state index in [1.807, 2.05) is 31.2 Å². The van der Waals surface area contributed by atoms with Crippen molar-refractivity contribution in [2.24, 2.45) is 0 Å². The molecule has 2 rings (SSSR count). The average Bonchev–Trinajstić information content (AvgIpc) is 2.17. The second-order valence-corrected chi connectivity index (χ2v) is 4.46. The van der Waals surface area contributed by atoms with E-state index in [-0.39, 0.29) is 5.78 Å². The van der Waals surface area contributed by atoms with Gasteiger partial charge in [0.25, 0.3) is 0 Å². The smallest absolute Gasteiger partial charge is 0.178 e. The molecule has 0 bridgehead atoms. The molecule has 2 aromatic rings. The van der Waals surface area contributed by atoms with Crippen LogP contribution < -0.4 is 0 Å². The summed E-state index contributed by atoms with van der Waals surface area (Å²) in [5.41, 5.74) is 2.33. The summed E-state index contributed by atoms with van der Waals surface area (Å²) in [5, 5.41) is 1.06. The second-order valence-electron chi connectivity index (χ2n) is 3.55. The highest BCUT2D eigenvalue weighted by Gasteiger charge is 2.07. The molecule has 0 aliphatic carbocycles. The number of aryl methyl sites for hydroxylation is 1. The number of fused-ring (bicyclic) bond motifs is 1. The average molecular weight is 264 g/mol. The first-order valence-corrected chi connectivity index (χ1v) is 5.45. The zero-order chi connectivity index (χ0) is 11.0. The molecule has 0 amide bonds. The molecule has 0 saturated heterocycles. The van der Waals surface area contributed by atoms with Gasteiger partial charge in [-0.1, -0.05) is 22.0 Å². The number of hydrogen-bond acceptors (Lipinski definition) is 2. The van der Waals surface area contributed by atoms with Gasteiger partial charge in [-0.2, -0.15) is 0 Å². The fourth-order valence-corrected chi connectivity index (χ4v) is 1.95. The molecule has 0 unspecified atom stereocenters. The van der Waals surface area contributed by atoms with Crippen LogP contribution in [-0.4, -0.2) is 10.8 Å². The van der Waals surface area contributed by atoms with Crippen LogP contribution in [0.1, 0.15) is 23.0 Å². The predicted octanol–water partition coefficient (Wildman–Crippen LogP) is 3.51. The molecule has 0 radical (unpaired) electrons. The third-order valence-electron chi connectivity index (χ3n) is 2.30. The lowest BCUT2D eigenvalue weighted by molar-refractivity contribution is 0.101. The number of rotatable bonds is 1. The van der Waals surface area contributed by atoms with Crippen molar-refractivity contribution in [2.45, 2.75) is 13.8 Å². The lowest BCUT2D eigenvalue weighted by atomic mass is 10.1. The molecular weight excluding hydrogens is 254 g/mol. The Morgan fingerprint density at radius 2 is 2.07 bits per heavy atom. The maximum atomic E-state index is 11.3. The minimum atomic E-state index is 0.00868. The molecule has 1 aromatic carbocycles. The van der Waals surface area contributed by atoms with Crippen molar-refractivity contribution in [1.29, 1.82) is 0 Å². The maximum Gasteiger partial charge on any atom is 0.178 e. The standard InChI is InChI=1S/C12H10BrNO/c1-7-5-9-3-4-10(13)6-11(9)14-12(7)8(2)15/h3-6H,1-2H3. The number of Topliss-reactive ketones (excluding diaryl/α,β-unsaturated/α-hetero) is 1. The summed E-state index contributed by atoms with van der Waals surface area (Å²) < 4.78 is 0.973. The van der Waals surface area contributed by atoms with E-state index < -0.39 is 0 Å². The van der Waals surface area contributed by atoms with Gasteiger partial charge >= 0.3 is 0 Å². The molecule has 0 aliphatic rings. The summed E-state index contributed by atoms with van der Waals surface area (Å²) in [5.74, 6) is 0.00868. The lowest BCUT2D eigenvalue weighted by Gasteiger charge is -2.04. The van der Waals surface area contributed by atoms with E-state index in [0.717, 1.165) is 20.9 Å². The van der Waals surface area contributed by atoms with Crippen LogP contribution in [0.25, 0.3) is 10.9 Å². The van der Waals surface area contributed by atoms with Crippen LogP contribution in [0.4, 0.5) is 0 Å². The normalized spacial score (nSPS) is 10.6. The van der Waals surface area contributed by atoms with E-state index in [1.165, 1.54) is 0 Å². The molecule has 76 valence electrons. The van der Waals surface area contributed by atoms with E-state index in [0.29, 0.717) is 5.69 Å². The summed E-state index contributed by atoms with van der Waals surface area (Å²) in [6, 6.07) is 7.87. The molecule has 1 heterocycles. The number of halogens is 1. The topological polar surface area (TPSA) is 30.0 Å². The monoisotopic (exact) mass is 263 g/mol. The van der Waals surface area contributed by atoms with Gasteiger partial charge in [0, 0.05) is 16.8 Å². The van der Waals surface area contributed by atoms with E-state index in [9.17, 15) is 4.79 Å². The van der Waals surface area contributed by atoms with Crippen LogP contribution in [0, 0.1) is 6.92 Å². The third-order valence-corrected chi connectivity index (χ3v) is 2.80. The number of hydrogen-bond donors (Lipinski definition) is 0. The van der Waals surface area contributed by atoms with E-state index in [1.54, 1.807) is 6.92 Å². The Morgan fingerprint density at radius 3 is 2.73 bits per heavy atom. The molecule has 0 N–H and O–H groups in total. The summed E-state index contributed by atoms with van der Waals surface area (Å²) in [6.45, 7) is 3.45. The van der Waals surface area contributed by atoms with Crippen LogP contribution >= 0.6 is 15.9 Å². The highest BCUT2D eigenvalue weighted by molar-refractivity contribution is 9.10. The molecule has 0 saturated carbocycles. The van der Waals surface area contributed by atoms with Crippen LogP contribution in [0.5, 0.6) is 0 Å². The van der Waals surface area contributed by atoms with Gasteiger partial charge in [-0.05, 0) is 30.7 Å². The first-order chi connectivity index (χ1) is 7.08. The van der Waals surface area contributed by atoms with Crippen LogP contribution in [0.2, 0.25) is 0 Å². The molecular formula is C12H10BrNO. The van der Waals surface area contributed by atoms with E-state index >= 15 is 0 Å². The van der Waals surface area contributed by atoms with Gasteiger partial charge in [0.1, 0.15) is 5.69 Å². The zero-order valence-corrected chi connectivity index (χ0v) is 10.1. The minimum Gasteiger partial charge on any atom is -0.293 e. The second kappa shape index (κ2) is 3.74. The van der Waals surface area contributed by atoms with Gasteiger partial charge < -0.3 is 0 Å². The van der Waals surface area contributed by atoms with Crippen molar-refractivity contribution in [2.75, 3.05) is 0 Å². The van der Waals surface area contributed by atoms with Gasteiger partial charge in [-0.15, -0.1) is 0 Å². The van der Waals surface area contributed by atoms with E-state index in [2.05, 4.69) is 20.9 Å². The van der Waals surface area contributed by atoms with Gasteiger partial charge in [0.05, 0.1) is 5.52 Å². The van der Waals surface area contributed by atoms with Crippen LogP contribution in [0.3, 0.4) is 0 Å². The Kier molecular flexibility index (Phi) is 2.57. The number of aromatic nitrogens is 1. The molecule has 3 heteroatoms. The largest absolute Gasteiger partial charge is 0.293 e. The summed E-state index contributed by atoms with van der Waals surface area (Å²) in [6.07, 6.45) is 0. The Morgan fingerprint density at radius 1 is 1.33 bits per heavy atom. The number of benzene rings is 1. The molecule has 0 spiro atoms. The van der Waals surface area contributed by atoms with Gasteiger partial charge in [0.15, 0.2) is 5.78 Å². The van der Waals surface area contributed by atoms with E-state index in [4.69, 9.17) is 0 Å². The van der Waals surface area contributed by atoms with Crippen molar-refractivity contribution in [3.63, 3.8) is 0 Å².